The summed E-state index contributed by atoms with van der Waals surface area (Å²) in [5, 5.41) is 15.9. The number of hydrogen-bond donors (Lipinski definition) is 2. The van der Waals surface area contributed by atoms with Gasteiger partial charge in [0.05, 0.1) is 17.0 Å². The summed E-state index contributed by atoms with van der Waals surface area (Å²) in [6.07, 6.45) is 4.76. The van der Waals surface area contributed by atoms with Crippen LogP contribution in [0.4, 0.5) is 5.69 Å². The molecule has 3 aromatic rings. The molecule has 5 heteroatoms. The molecule has 0 bridgehead atoms. The molecule has 1 amide bonds. The summed E-state index contributed by atoms with van der Waals surface area (Å²) in [5.41, 5.74) is 1.99. The van der Waals surface area contributed by atoms with Crippen LogP contribution in [-0.2, 0) is 4.79 Å². The van der Waals surface area contributed by atoms with Gasteiger partial charge in [0.2, 0.25) is 5.91 Å². The first-order chi connectivity index (χ1) is 14.0. The fraction of sp³-hybridized carbons (Fsp3) is 0.333. The van der Waals surface area contributed by atoms with Crippen molar-refractivity contribution in [2.75, 3.05) is 5.32 Å². The molecule has 0 saturated heterocycles. The van der Waals surface area contributed by atoms with Gasteiger partial charge in [0, 0.05) is 22.3 Å². The quantitative estimate of drug-likeness (QED) is 0.594. The topological polar surface area (TPSA) is 62.2 Å². The van der Waals surface area contributed by atoms with Crippen LogP contribution < -0.4 is 5.32 Å². The number of halogens is 1. The highest BCUT2D eigenvalue weighted by Crippen LogP contribution is 2.43. The van der Waals surface area contributed by atoms with Gasteiger partial charge in [0.1, 0.15) is 0 Å². The molecule has 2 aromatic carbocycles. The van der Waals surface area contributed by atoms with E-state index < -0.39 is 11.5 Å². The number of amides is 1. The number of para-hydroxylation sites is 1. The van der Waals surface area contributed by atoms with E-state index in [2.05, 4.69) is 22.4 Å². The minimum Gasteiger partial charge on any atom is -0.389 e. The predicted molar refractivity (Wildman–Crippen MR) is 117 cm³/mol. The van der Waals surface area contributed by atoms with Crippen molar-refractivity contribution in [2.24, 2.45) is 5.92 Å². The Bertz CT molecular complexity index is 1010. The summed E-state index contributed by atoms with van der Waals surface area (Å²) in [4.78, 5) is 17.2. The number of carbonyl (C=O) groups excluding carboxylic acids is 1. The number of hydrogen-bond acceptors (Lipinski definition) is 3. The Morgan fingerprint density at radius 3 is 2.55 bits per heavy atom. The number of nitrogens with one attached hydrogen (secondary N) is 1. The third-order valence-corrected chi connectivity index (χ3v) is 6.54. The largest absolute Gasteiger partial charge is 0.389 e. The first-order valence-corrected chi connectivity index (χ1v) is 10.5. The first kappa shape index (κ1) is 19.9. The standard InChI is InChI=1S/C24H25ClN2O2/c1-16(23(28)27-19-8-6-18(25)7-9-19)24(29)13-10-17(11-14-24)20-12-15-26-22-5-3-2-4-21(20)22/h2-9,12,15-17,29H,10-11,13-14H2,1H3,(H,27,28)/t16?,17-,24-. The molecule has 1 heterocycles. The van der Waals surface area contributed by atoms with Gasteiger partial charge in [-0.1, -0.05) is 36.7 Å². The summed E-state index contributed by atoms with van der Waals surface area (Å²) < 4.78 is 0. The van der Waals surface area contributed by atoms with E-state index in [0.717, 1.165) is 18.4 Å². The van der Waals surface area contributed by atoms with E-state index in [-0.39, 0.29) is 5.91 Å². The second-order valence-electron chi connectivity index (χ2n) is 8.01. The minimum absolute atomic E-state index is 0.164. The molecule has 1 unspecified atom stereocenters. The number of rotatable bonds is 4. The van der Waals surface area contributed by atoms with Crippen LogP contribution in [0.2, 0.25) is 5.02 Å². The lowest BCUT2D eigenvalue weighted by Crippen LogP contribution is -2.45. The molecule has 4 rings (SSSR count). The molecule has 1 atom stereocenters. The number of pyridine rings is 1. The van der Waals surface area contributed by atoms with Crippen LogP contribution in [0.25, 0.3) is 10.9 Å². The van der Waals surface area contributed by atoms with Crippen molar-refractivity contribution in [3.8, 4) is 0 Å². The zero-order chi connectivity index (χ0) is 20.4. The molecular weight excluding hydrogens is 384 g/mol. The van der Waals surface area contributed by atoms with E-state index in [0.29, 0.717) is 29.5 Å². The number of aromatic nitrogens is 1. The molecule has 2 N–H and O–H groups in total. The summed E-state index contributed by atoms with van der Waals surface area (Å²) in [6.45, 7) is 1.81. The summed E-state index contributed by atoms with van der Waals surface area (Å²) in [7, 11) is 0. The molecule has 1 saturated carbocycles. The average Bonchev–Trinajstić information content (AvgIpc) is 2.75. The van der Waals surface area contributed by atoms with Crippen LogP contribution in [-0.4, -0.2) is 21.6 Å². The average molecular weight is 409 g/mol. The zero-order valence-electron chi connectivity index (χ0n) is 16.4. The zero-order valence-corrected chi connectivity index (χ0v) is 17.2. The van der Waals surface area contributed by atoms with E-state index in [4.69, 9.17) is 11.6 Å². The smallest absolute Gasteiger partial charge is 0.230 e. The lowest BCUT2D eigenvalue weighted by molar-refractivity contribution is -0.131. The van der Waals surface area contributed by atoms with Crippen LogP contribution in [0.15, 0.2) is 60.8 Å². The molecule has 0 aliphatic heterocycles. The highest BCUT2D eigenvalue weighted by Gasteiger charge is 2.41. The third kappa shape index (κ3) is 4.14. The van der Waals surface area contributed by atoms with Crippen molar-refractivity contribution >= 4 is 34.1 Å². The first-order valence-electron chi connectivity index (χ1n) is 10.1. The minimum atomic E-state index is -0.990. The molecule has 1 fully saturated rings. The monoisotopic (exact) mass is 408 g/mol. The number of anilines is 1. The molecule has 1 aliphatic rings. The Kier molecular flexibility index (Phi) is 5.57. The second kappa shape index (κ2) is 8.13. The maximum absolute atomic E-state index is 12.7. The predicted octanol–water partition coefficient (Wildman–Crippen LogP) is 5.55. The summed E-state index contributed by atoms with van der Waals surface area (Å²) in [5.74, 6) is -0.286. The number of nitrogens with zero attached hydrogens (tertiary/aromatic N) is 1. The fourth-order valence-corrected chi connectivity index (χ4v) is 4.49. The lowest BCUT2D eigenvalue weighted by Gasteiger charge is -2.40. The van der Waals surface area contributed by atoms with E-state index in [1.54, 1.807) is 24.3 Å². The van der Waals surface area contributed by atoms with Gasteiger partial charge >= 0.3 is 0 Å². The SMILES string of the molecule is CC(C(=O)Nc1ccc(Cl)cc1)[C@]1(O)CC[C@H](c2ccnc3ccccc32)CC1. The summed E-state index contributed by atoms with van der Waals surface area (Å²) >= 11 is 5.90. The van der Waals surface area contributed by atoms with Gasteiger partial charge in [-0.15, -0.1) is 0 Å². The van der Waals surface area contributed by atoms with Gasteiger partial charge in [-0.3, -0.25) is 9.78 Å². The Hall–Kier alpha value is -2.43. The maximum Gasteiger partial charge on any atom is 0.230 e. The van der Waals surface area contributed by atoms with Crippen molar-refractivity contribution in [2.45, 2.75) is 44.1 Å². The van der Waals surface area contributed by atoms with Crippen molar-refractivity contribution in [1.29, 1.82) is 0 Å². The summed E-state index contributed by atoms with van der Waals surface area (Å²) in [6, 6.07) is 17.3. The third-order valence-electron chi connectivity index (χ3n) is 6.29. The maximum atomic E-state index is 12.7. The molecule has 0 spiro atoms. The van der Waals surface area contributed by atoms with Crippen molar-refractivity contribution in [3.05, 3.63) is 71.4 Å². The lowest BCUT2D eigenvalue weighted by atomic mass is 9.70. The van der Waals surface area contributed by atoms with Crippen LogP contribution in [0.3, 0.4) is 0 Å². The Morgan fingerprint density at radius 1 is 1.14 bits per heavy atom. The van der Waals surface area contributed by atoms with Gasteiger partial charge in [0.15, 0.2) is 0 Å². The molecule has 1 aliphatic carbocycles. The second-order valence-corrected chi connectivity index (χ2v) is 8.45. The van der Waals surface area contributed by atoms with Gasteiger partial charge in [-0.05, 0) is 73.6 Å². The highest BCUT2D eigenvalue weighted by molar-refractivity contribution is 6.30. The Labute approximate surface area is 175 Å². The number of aliphatic hydroxyl groups is 1. The van der Waals surface area contributed by atoms with E-state index >= 15 is 0 Å². The van der Waals surface area contributed by atoms with E-state index in [9.17, 15) is 9.90 Å². The highest BCUT2D eigenvalue weighted by atomic mass is 35.5. The normalized spacial score (nSPS) is 22.9. The number of fused-ring (bicyclic) bond motifs is 1. The van der Waals surface area contributed by atoms with Crippen molar-refractivity contribution < 1.29 is 9.90 Å². The van der Waals surface area contributed by atoms with Crippen molar-refractivity contribution in [1.82, 2.24) is 4.98 Å². The molecule has 0 radical (unpaired) electrons. The van der Waals surface area contributed by atoms with Crippen LogP contribution in [0.5, 0.6) is 0 Å². The van der Waals surface area contributed by atoms with E-state index in [1.807, 2.05) is 31.3 Å². The Morgan fingerprint density at radius 2 is 1.83 bits per heavy atom. The fourth-order valence-electron chi connectivity index (χ4n) is 4.36. The number of benzene rings is 2. The van der Waals surface area contributed by atoms with Crippen LogP contribution in [0.1, 0.15) is 44.1 Å². The van der Waals surface area contributed by atoms with Gasteiger partial charge < -0.3 is 10.4 Å². The Balaban J connectivity index is 1.44. The molecule has 150 valence electrons. The van der Waals surface area contributed by atoms with Gasteiger partial charge in [-0.25, -0.2) is 0 Å². The molecule has 1 aromatic heterocycles. The molecular formula is C24H25ClN2O2. The van der Waals surface area contributed by atoms with Crippen LogP contribution >= 0.6 is 11.6 Å². The van der Waals surface area contributed by atoms with Gasteiger partial charge in [-0.2, -0.15) is 0 Å². The van der Waals surface area contributed by atoms with Crippen LogP contribution in [0, 0.1) is 5.92 Å². The van der Waals surface area contributed by atoms with E-state index in [1.165, 1.54) is 10.9 Å². The number of carbonyl (C=O) groups is 1. The van der Waals surface area contributed by atoms with Crippen molar-refractivity contribution in [3.63, 3.8) is 0 Å². The molecule has 4 nitrogen and oxygen atoms in total. The molecule has 29 heavy (non-hydrogen) atoms. The van der Waals surface area contributed by atoms with Gasteiger partial charge in [0.25, 0.3) is 0 Å².